The third kappa shape index (κ3) is 4.04. The summed E-state index contributed by atoms with van der Waals surface area (Å²) in [6, 6.07) is 10.3. The van der Waals surface area contributed by atoms with Crippen molar-refractivity contribution in [1.82, 2.24) is 0 Å². The van der Waals surface area contributed by atoms with E-state index in [4.69, 9.17) is 0 Å². The number of hydrogen-bond acceptors (Lipinski definition) is 3. The Kier molecular flexibility index (Phi) is 5.18. The standard InChI is InChI=1S/C15H10BrF3O2S/c1-21-14(20)9-2-7-13(12(8-9)15(17,18)19)22-11-5-3-10(16)4-6-11/h2-8H,1H3. The fraction of sp³-hybridized carbons (Fsp3) is 0.133. The van der Waals surface area contributed by atoms with Crippen molar-refractivity contribution in [3.63, 3.8) is 0 Å². The maximum absolute atomic E-state index is 13.2. The van der Waals surface area contributed by atoms with E-state index in [1.165, 1.54) is 12.1 Å². The van der Waals surface area contributed by atoms with Crippen molar-refractivity contribution >= 4 is 33.7 Å². The van der Waals surface area contributed by atoms with Crippen LogP contribution in [0.2, 0.25) is 0 Å². The fourth-order valence-corrected chi connectivity index (χ4v) is 2.93. The van der Waals surface area contributed by atoms with Crippen LogP contribution in [0.25, 0.3) is 0 Å². The number of methoxy groups -OCH3 is 1. The zero-order chi connectivity index (χ0) is 16.3. The molecule has 0 fully saturated rings. The van der Waals surface area contributed by atoms with Crippen LogP contribution in [-0.4, -0.2) is 13.1 Å². The molecule has 0 aromatic heterocycles. The SMILES string of the molecule is COC(=O)c1ccc(Sc2ccc(Br)cc2)c(C(F)(F)F)c1. The van der Waals surface area contributed by atoms with E-state index in [0.717, 1.165) is 29.4 Å². The quantitative estimate of drug-likeness (QED) is 0.655. The van der Waals surface area contributed by atoms with E-state index in [1.807, 2.05) is 0 Å². The van der Waals surface area contributed by atoms with Gasteiger partial charge in [-0.25, -0.2) is 4.79 Å². The van der Waals surface area contributed by atoms with Gasteiger partial charge in [-0.15, -0.1) is 0 Å². The van der Waals surface area contributed by atoms with Crippen molar-refractivity contribution in [2.45, 2.75) is 16.0 Å². The lowest BCUT2D eigenvalue weighted by molar-refractivity contribution is -0.139. The Morgan fingerprint density at radius 1 is 1.14 bits per heavy atom. The van der Waals surface area contributed by atoms with Gasteiger partial charge in [0.2, 0.25) is 0 Å². The average molecular weight is 391 g/mol. The molecule has 0 radical (unpaired) electrons. The Morgan fingerprint density at radius 3 is 2.32 bits per heavy atom. The van der Waals surface area contributed by atoms with Gasteiger partial charge in [0.05, 0.1) is 18.2 Å². The molecule has 2 nitrogen and oxygen atoms in total. The van der Waals surface area contributed by atoms with Crippen LogP contribution < -0.4 is 0 Å². The second-order valence-electron chi connectivity index (χ2n) is 4.26. The van der Waals surface area contributed by atoms with Crippen LogP contribution >= 0.6 is 27.7 Å². The Balaban J connectivity index is 2.42. The van der Waals surface area contributed by atoms with Crippen molar-refractivity contribution in [1.29, 1.82) is 0 Å². The van der Waals surface area contributed by atoms with Gasteiger partial charge < -0.3 is 4.74 Å². The summed E-state index contributed by atoms with van der Waals surface area (Å²) < 4.78 is 44.9. The Morgan fingerprint density at radius 2 is 1.77 bits per heavy atom. The molecule has 2 aromatic rings. The van der Waals surface area contributed by atoms with Crippen molar-refractivity contribution in [2.24, 2.45) is 0 Å². The van der Waals surface area contributed by atoms with Crippen molar-refractivity contribution in [3.8, 4) is 0 Å². The van der Waals surface area contributed by atoms with E-state index < -0.39 is 17.7 Å². The molecule has 0 bridgehead atoms. The second-order valence-corrected chi connectivity index (χ2v) is 6.29. The molecule has 0 amide bonds. The first-order chi connectivity index (χ1) is 10.3. The number of carbonyl (C=O) groups excluding carboxylic acids is 1. The number of esters is 1. The summed E-state index contributed by atoms with van der Waals surface area (Å²) in [6.45, 7) is 0. The summed E-state index contributed by atoms with van der Waals surface area (Å²) in [6.07, 6.45) is -4.55. The first-order valence-electron chi connectivity index (χ1n) is 6.04. The second kappa shape index (κ2) is 6.75. The zero-order valence-electron chi connectivity index (χ0n) is 11.3. The number of benzene rings is 2. The first kappa shape index (κ1) is 16.9. The molecular weight excluding hydrogens is 381 g/mol. The summed E-state index contributed by atoms with van der Waals surface area (Å²) >= 11 is 4.25. The number of hydrogen-bond donors (Lipinski definition) is 0. The molecule has 0 aliphatic carbocycles. The summed E-state index contributed by atoms with van der Waals surface area (Å²) in [5, 5.41) is 0. The van der Waals surface area contributed by atoms with Crippen LogP contribution in [0, 0.1) is 0 Å². The Labute approximate surface area is 137 Å². The summed E-state index contributed by atoms with van der Waals surface area (Å²) in [7, 11) is 1.13. The highest BCUT2D eigenvalue weighted by Crippen LogP contribution is 2.40. The van der Waals surface area contributed by atoms with E-state index in [0.29, 0.717) is 4.90 Å². The van der Waals surface area contributed by atoms with Gasteiger partial charge in [0.1, 0.15) is 0 Å². The lowest BCUT2D eigenvalue weighted by atomic mass is 10.1. The molecule has 0 heterocycles. The normalized spacial score (nSPS) is 11.3. The molecule has 0 aliphatic rings. The predicted molar refractivity (Wildman–Crippen MR) is 81.0 cm³/mol. The van der Waals surface area contributed by atoms with Crippen LogP contribution in [0.4, 0.5) is 13.2 Å². The summed E-state index contributed by atoms with van der Waals surface area (Å²) in [5.41, 5.74) is -0.988. The fourth-order valence-electron chi connectivity index (χ4n) is 1.71. The van der Waals surface area contributed by atoms with E-state index in [1.54, 1.807) is 24.3 Å². The molecule has 0 unspecified atom stereocenters. The highest BCUT2D eigenvalue weighted by molar-refractivity contribution is 9.10. The molecule has 0 atom stereocenters. The maximum Gasteiger partial charge on any atom is 0.417 e. The molecule has 0 aliphatic heterocycles. The van der Waals surface area contributed by atoms with Gasteiger partial charge in [0.15, 0.2) is 0 Å². The number of rotatable bonds is 3. The minimum absolute atomic E-state index is 0.0301. The van der Waals surface area contributed by atoms with Gasteiger partial charge in [-0.2, -0.15) is 13.2 Å². The highest BCUT2D eigenvalue weighted by atomic mass is 79.9. The average Bonchev–Trinajstić information content (AvgIpc) is 2.48. The van der Waals surface area contributed by atoms with Gasteiger partial charge in [0, 0.05) is 14.3 Å². The molecule has 0 saturated carbocycles. The number of halogens is 4. The summed E-state index contributed by atoms with van der Waals surface area (Å²) in [4.78, 5) is 12.1. The van der Waals surface area contributed by atoms with Gasteiger partial charge >= 0.3 is 12.1 Å². The van der Waals surface area contributed by atoms with E-state index >= 15 is 0 Å². The predicted octanol–water partition coefficient (Wildman–Crippen LogP) is 5.41. The van der Waals surface area contributed by atoms with Gasteiger partial charge in [-0.1, -0.05) is 27.7 Å². The number of ether oxygens (including phenoxy) is 1. The molecule has 116 valence electrons. The number of alkyl halides is 3. The topological polar surface area (TPSA) is 26.3 Å². The van der Waals surface area contributed by atoms with Crippen LogP contribution in [0.3, 0.4) is 0 Å². The van der Waals surface area contributed by atoms with Gasteiger partial charge in [-0.3, -0.25) is 0 Å². The van der Waals surface area contributed by atoms with Crippen LogP contribution in [0.5, 0.6) is 0 Å². The Hall–Kier alpha value is -1.47. The minimum atomic E-state index is -4.55. The van der Waals surface area contributed by atoms with Gasteiger partial charge in [0.25, 0.3) is 0 Å². The molecule has 0 N–H and O–H groups in total. The molecule has 7 heteroatoms. The van der Waals surface area contributed by atoms with Crippen LogP contribution in [0.15, 0.2) is 56.7 Å². The smallest absolute Gasteiger partial charge is 0.417 e. The lowest BCUT2D eigenvalue weighted by Gasteiger charge is -2.13. The van der Waals surface area contributed by atoms with Crippen molar-refractivity contribution in [2.75, 3.05) is 7.11 Å². The number of carbonyl (C=O) groups is 1. The molecule has 0 saturated heterocycles. The van der Waals surface area contributed by atoms with E-state index in [9.17, 15) is 18.0 Å². The molecule has 2 aromatic carbocycles. The first-order valence-corrected chi connectivity index (χ1v) is 7.65. The molecule has 22 heavy (non-hydrogen) atoms. The van der Waals surface area contributed by atoms with Gasteiger partial charge in [-0.05, 0) is 42.5 Å². The third-order valence-corrected chi connectivity index (χ3v) is 4.36. The van der Waals surface area contributed by atoms with Crippen molar-refractivity contribution in [3.05, 3.63) is 58.1 Å². The third-order valence-electron chi connectivity index (χ3n) is 2.75. The molecular formula is C15H10BrF3O2S. The largest absolute Gasteiger partial charge is 0.465 e. The Bertz CT molecular complexity index is 684. The van der Waals surface area contributed by atoms with Crippen molar-refractivity contribution < 1.29 is 22.7 Å². The lowest BCUT2D eigenvalue weighted by Crippen LogP contribution is -2.10. The summed E-state index contributed by atoms with van der Waals surface area (Å²) in [5.74, 6) is -0.800. The minimum Gasteiger partial charge on any atom is -0.465 e. The molecule has 2 rings (SSSR count). The zero-order valence-corrected chi connectivity index (χ0v) is 13.7. The molecule has 0 spiro atoms. The van der Waals surface area contributed by atoms with E-state index in [2.05, 4.69) is 20.7 Å². The monoisotopic (exact) mass is 390 g/mol. The maximum atomic E-state index is 13.2. The highest BCUT2D eigenvalue weighted by Gasteiger charge is 2.34. The van der Waals surface area contributed by atoms with E-state index in [-0.39, 0.29) is 10.5 Å². The van der Waals surface area contributed by atoms with Crippen LogP contribution in [0.1, 0.15) is 15.9 Å². The van der Waals surface area contributed by atoms with Crippen LogP contribution in [-0.2, 0) is 10.9 Å².